The van der Waals surface area contributed by atoms with Gasteiger partial charge in [-0.3, -0.25) is 14.9 Å². The Morgan fingerprint density at radius 1 is 1.00 bits per heavy atom. The molecule has 0 radical (unpaired) electrons. The number of hydrogen-bond acceptors (Lipinski definition) is 6. The van der Waals surface area contributed by atoms with Crippen molar-refractivity contribution in [2.24, 2.45) is 5.92 Å². The van der Waals surface area contributed by atoms with E-state index >= 15 is 0 Å². The Hall–Kier alpha value is -2.71. The van der Waals surface area contributed by atoms with E-state index in [1.165, 1.54) is 11.3 Å². The maximum atomic E-state index is 12.4. The number of anilines is 2. The van der Waals surface area contributed by atoms with Gasteiger partial charge in [-0.05, 0) is 36.4 Å². The number of thioether (sulfide) groups is 1. The molecule has 0 bridgehead atoms. The first kappa shape index (κ1) is 20.0. The fraction of sp³-hybridized carbons (Fsp3) is 0.200. The molecular weight excluding hydrogens is 392 g/mol. The van der Waals surface area contributed by atoms with Crippen molar-refractivity contribution in [3.8, 4) is 0 Å². The molecule has 2 amide bonds. The molecule has 1 aromatic heterocycles. The van der Waals surface area contributed by atoms with Gasteiger partial charge in [-0.25, -0.2) is 0 Å². The molecule has 0 spiro atoms. The lowest BCUT2D eigenvalue weighted by Crippen LogP contribution is -2.18. The maximum absolute atomic E-state index is 12.4. The molecule has 0 aliphatic carbocycles. The SMILES string of the molecule is CC(C)C(=O)Nc1ccc(C(=O)Nc2nnc(CSc3ccccc3)s2)cc1. The molecule has 8 heteroatoms. The third-order valence-electron chi connectivity index (χ3n) is 3.73. The van der Waals surface area contributed by atoms with Gasteiger partial charge in [0.15, 0.2) is 0 Å². The lowest BCUT2D eigenvalue weighted by atomic mass is 10.1. The fourth-order valence-electron chi connectivity index (χ4n) is 2.19. The number of aromatic nitrogens is 2. The zero-order valence-corrected chi connectivity index (χ0v) is 17.1. The smallest absolute Gasteiger partial charge is 0.257 e. The van der Waals surface area contributed by atoms with Gasteiger partial charge in [0, 0.05) is 22.1 Å². The van der Waals surface area contributed by atoms with E-state index in [1.54, 1.807) is 36.0 Å². The van der Waals surface area contributed by atoms with Crippen molar-refractivity contribution in [3.05, 3.63) is 65.2 Å². The minimum atomic E-state index is -0.264. The van der Waals surface area contributed by atoms with Crippen LogP contribution in [-0.4, -0.2) is 22.0 Å². The highest BCUT2D eigenvalue weighted by molar-refractivity contribution is 7.98. The highest BCUT2D eigenvalue weighted by atomic mass is 32.2. The topological polar surface area (TPSA) is 84.0 Å². The van der Waals surface area contributed by atoms with Crippen LogP contribution in [0, 0.1) is 5.92 Å². The zero-order valence-electron chi connectivity index (χ0n) is 15.5. The van der Waals surface area contributed by atoms with Crippen LogP contribution in [0.25, 0.3) is 0 Å². The first-order chi connectivity index (χ1) is 13.5. The number of carbonyl (C=O) groups excluding carboxylic acids is 2. The van der Waals surface area contributed by atoms with Crippen LogP contribution in [0.4, 0.5) is 10.8 Å². The van der Waals surface area contributed by atoms with Gasteiger partial charge in [0.25, 0.3) is 5.91 Å². The third-order valence-corrected chi connectivity index (χ3v) is 5.78. The van der Waals surface area contributed by atoms with E-state index < -0.39 is 0 Å². The molecule has 1 heterocycles. The molecule has 2 N–H and O–H groups in total. The molecule has 0 atom stereocenters. The van der Waals surface area contributed by atoms with E-state index in [2.05, 4.69) is 20.8 Å². The van der Waals surface area contributed by atoms with Crippen molar-refractivity contribution in [2.45, 2.75) is 24.5 Å². The van der Waals surface area contributed by atoms with Crippen LogP contribution < -0.4 is 10.6 Å². The summed E-state index contributed by atoms with van der Waals surface area (Å²) in [6.45, 7) is 3.65. The first-order valence-electron chi connectivity index (χ1n) is 8.74. The van der Waals surface area contributed by atoms with Crippen LogP contribution in [0.1, 0.15) is 29.2 Å². The number of rotatable bonds is 7. The number of nitrogens with one attached hydrogen (secondary N) is 2. The number of benzene rings is 2. The van der Waals surface area contributed by atoms with E-state index in [1.807, 2.05) is 44.2 Å². The van der Waals surface area contributed by atoms with Crippen LogP contribution in [0.2, 0.25) is 0 Å². The summed E-state index contributed by atoms with van der Waals surface area (Å²) in [5, 5.41) is 15.0. The van der Waals surface area contributed by atoms with Gasteiger partial charge in [-0.15, -0.1) is 22.0 Å². The van der Waals surface area contributed by atoms with Crippen molar-refractivity contribution >= 4 is 45.7 Å². The number of carbonyl (C=O) groups is 2. The van der Waals surface area contributed by atoms with Crippen molar-refractivity contribution in [3.63, 3.8) is 0 Å². The quantitative estimate of drug-likeness (QED) is 0.551. The molecule has 144 valence electrons. The lowest BCUT2D eigenvalue weighted by molar-refractivity contribution is -0.118. The van der Waals surface area contributed by atoms with E-state index in [0.717, 1.165) is 9.90 Å². The molecule has 0 aliphatic rings. The molecule has 3 rings (SSSR count). The van der Waals surface area contributed by atoms with Gasteiger partial charge in [0.2, 0.25) is 11.0 Å². The third kappa shape index (κ3) is 5.64. The second-order valence-electron chi connectivity index (χ2n) is 6.28. The lowest BCUT2D eigenvalue weighted by Gasteiger charge is -2.08. The Kier molecular flexibility index (Phi) is 6.78. The monoisotopic (exact) mass is 412 g/mol. The fourth-order valence-corrected chi connectivity index (χ4v) is 3.83. The van der Waals surface area contributed by atoms with Gasteiger partial charge in [-0.2, -0.15) is 0 Å². The van der Waals surface area contributed by atoms with E-state index in [9.17, 15) is 9.59 Å². The first-order valence-corrected chi connectivity index (χ1v) is 10.5. The largest absolute Gasteiger partial charge is 0.326 e. The van der Waals surface area contributed by atoms with Crippen LogP contribution in [0.5, 0.6) is 0 Å². The Morgan fingerprint density at radius 3 is 2.39 bits per heavy atom. The predicted molar refractivity (Wildman–Crippen MR) is 114 cm³/mol. The summed E-state index contributed by atoms with van der Waals surface area (Å²) in [6.07, 6.45) is 0. The summed E-state index contributed by atoms with van der Waals surface area (Å²) in [4.78, 5) is 25.3. The highest BCUT2D eigenvalue weighted by Crippen LogP contribution is 2.26. The van der Waals surface area contributed by atoms with Gasteiger partial charge in [0.1, 0.15) is 5.01 Å². The van der Waals surface area contributed by atoms with Crippen molar-refractivity contribution in [1.29, 1.82) is 0 Å². The second-order valence-corrected chi connectivity index (χ2v) is 8.39. The zero-order chi connectivity index (χ0) is 19.9. The Labute approximate surface area is 171 Å². The van der Waals surface area contributed by atoms with Crippen molar-refractivity contribution in [2.75, 3.05) is 10.6 Å². The van der Waals surface area contributed by atoms with Crippen LogP contribution in [0.3, 0.4) is 0 Å². The molecule has 0 aliphatic heterocycles. The molecule has 3 aromatic rings. The molecule has 2 aromatic carbocycles. The van der Waals surface area contributed by atoms with Crippen LogP contribution in [-0.2, 0) is 10.5 Å². The number of amides is 2. The summed E-state index contributed by atoms with van der Waals surface area (Å²) in [5.41, 5.74) is 1.14. The Morgan fingerprint density at radius 2 is 1.71 bits per heavy atom. The molecular formula is C20H20N4O2S2. The summed E-state index contributed by atoms with van der Waals surface area (Å²) in [5.74, 6) is 0.267. The van der Waals surface area contributed by atoms with Crippen LogP contribution >= 0.6 is 23.1 Å². The summed E-state index contributed by atoms with van der Waals surface area (Å²) < 4.78 is 0. The average molecular weight is 413 g/mol. The van der Waals surface area contributed by atoms with Crippen molar-refractivity contribution in [1.82, 2.24) is 10.2 Å². The molecule has 0 unspecified atom stereocenters. The molecule has 28 heavy (non-hydrogen) atoms. The van der Waals surface area contributed by atoms with E-state index in [0.29, 0.717) is 22.1 Å². The summed E-state index contributed by atoms with van der Waals surface area (Å²) in [6, 6.07) is 16.8. The summed E-state index contributed by atoms with van der Waals surface area (Å²) in [7, 11) is 0. The number of hydrogen-bond donors (Lipinski definition) is 2. The second kappa shape index (κ2) is 9.48. The van der Waals surface area contributed by atoms with Gasteiger partial charge < -0.3 is 5.32 Å². The Bertz CT molecular complexity index is 940. The maximum Gasteiger partial charge on any atom is 0.257 e. The minimum Gasteiger partial charge on any atom is -0.326 e. The van der Waals surface area contributed by atoms with E-state index in [-0.39, 0.29) is 17.7 Å². The van der Waals surface area contributed by atoms with E-state index in [4.69, 9.17) is 0 Å². The van der Waals surface area contributed by atoms with Crippen molar-refractivity contribution < 1.29 is 9.59 Å². The predicted octanol–water partition coefficient (Wildman–Crippen LogP) is 4.68. The van der Waals surface area contributed by atoms with Gasteiger partial charge >= 0.3 is 0 Å². The molecule has 0 saturated heterocycles. The van der Waals surface area contributed by atoms with Gasteiger partial charge in [-0.1, -0.05) is 43.4 Å². The molecule has 6 nitrogen and oxygen atoms in total. The molecule has 0 fully saturated rings. The molecule has 0 saturated carbocycles. The van der Waals surface area contributed by atoms with Gasteiger partial charge in [0.05, 0.1) is 5.75 Å². The van der Waals surface area contributed by atoms with Crippen LogP contribution in [0.15, 0.2) is 59.5 Å². The number of nitrogens with zero attached hydrogens (tertiary/aromatic N) is 2. The Balaban J connectivity index is 1.54. The minimum absolute atomic E-state index is 0.0630. The highest BCUT2D eigenvalue weighted by Gasteiger charge is 2.12. The summed E-state index contributed by atoms with van der Waals surface area (Å²) >= 11 is 3.03. The standard InChI is InChI=1S/C20H20N4O2S2/c1-13(2)18(25)21-15-10-8-14(9-11-15)19(26)22-20-24-23-17(28-20)12-27-16-6-4-3-5-7-16/h3-11,13H,12H2,1-2H3,(H,21,25)(H,22,24,26). The normalized spacial score (nSPS) is 10.7. The average Bonchev–Trinajstić information content (AvgIpc) is 3.15.